The number of hydrogen-bond acceptors (Lipinski definition) is 2. The van der Waals surface area contributed by atoms with E-state index in [0.29, 0.717) is 11.8 Å². The third-order valence-electron chi connectivity index (χ3n) is 4.75. The molecule has 0 aromatic heterocycles. The molecule has 2 aliphatic rings. The molecule has 1 saturated carbocycles. The van der Waals surface area contributed by atoms with E-state index in [4.69, 9.17) is 4.74 Å². The van der Waals surface area contributed by atoms with Crippen LogP contribution in [0, 0.1) is 17.8 Å². The second-order valence-corrected chi connectivity index (χ2v) is 6.04. The Bertz CT molecular complexity index is 203. The predicted molar refractivity (Wildman–Crippen MR) is 69.9 cm³/mol. The zero-order valence-electron chi connectivity index (χ0n) is 11.2. The van der Waals surface area contributed by atoms with Crippen LogP contribution in [0.4, 0.5) is 0 Å². The Hall–Kier alpha value is -0.0800. The monoisotopic (exact) mass is 240 g/mol. The highest BCUT2D eigenvalue weighted by atomic mass is 16.5. The SMILES string of the molecule is CCCC1CCC(C(O)C2CCCOC2)CC1. The van der Waals surface area contributed by atoms with Crippen molar-refractivity contribution in [2.75, 3.05) is 13.2 Å². The zero-order chi connectivity index (χ0) is 12.1. The van der Waals surface area contributed by atoms with Crippen molar-refractivity contribution in [3.05, 3.63) is 0 Å². The maximum Gasteiger partial charge on any atom is 0.0618 e. The van der Waals surface area contributed by atoms with Gasteiger partial charge in [0, 0.05) is 12.5 Å². The molecule has 1 aliphatic carbocycles. The van der Waals surface area contributed by atoms with Gasteiger partial charge in [0.2, 0.25) is 0 Å². The van der Waals surface area contributed by atoms with Crippen LogP contribution in [-0.4, -0.2) is 24.4 Å². The summed E-state index contributed by atoms with van der Waals surface area (Å²) in [5, 5.41) is 10.4. The Kier molecular flexibility index (Phi) is 5.30. The van der Waals surface area contributed by atoms with Gasteiger partial charge in [-0.2, -0.15) is 0 Å². The zero-order valence-corrected chi connectivity index (χ0v) is 11.2. The summed E-state index contributed by atoms with van der Waals surface area (Å²) in [5.74, 6) is 1.90. The molecule has 2 nitrogen and oxygen atoms in total. The molecular formula is C15H28O2. The molecule has 2 heteroatoms. The van der Waals surface area contributed by atoms with E-state index >= 15 is 0 Å². The van der Waals surface area contributed by atoms with E-state index < -0.39 is 0 Å². The van der Waals surface area contributed by atoms with Crippen LogP contribution in [0.15, 0.2) is 0 Å². The summed E-state index contributed by atoms with van der Waals surface area (Å²) in [6.45, 7) is 3.96. The van der Waals surface area contributed by atoms with Gasteiger partial charge in [-0.1, -0.05) is 32.6 Å². The Balaban J connectivity index is 1.75. The van der Waals surface area contributed by atoms with Crippen LogP contribution in [-0.2, 0) is 4.74 Å². The van der Waals surface area contributed by atoms with Gasteiger partial charge in [0.15, 0.2) is 0 Å². The van der Waals surface area contributed by atoms with Crippen LogP contribution in [0.2, 0.25) is 0 Å². The first-order chi connectivity index (χ1) is 8.31. The van der Waals surface area contributed by atoms with Crippen molar-refractivity contribution in [1.82, 2.24) is 0 Å². The number of hydrogen-bond donors (Lipinski definition) is 1. The first kappa shape index (κ1) is 13.4. The Morgan fingerprint density at radius 3 is 2.47 bits per heavy atom. The van der Waals surface area contributed by atoms with Gasteiger partial charge in [-0.15, -0.1) is 0 Å². The molecule has 17 heavy (non-hydrogen) atoms. The van der Waals surface area contributed by atoms with Crippen molar-refractivity contribution in [2.45, 2.75) is 64.4 Å². The van der Waals surface area contributed by atoms with Gasteiger partial charge in [-0.25, -0.2) is 0 Å². The molecule has 0 spiro atoms. The Morgan fingerprint density at radius 1 is 1.12 bits per heavy atom. The molecule has 1 saturated heterocycles. The quantitative estimate of drug-likeness (QED) is 0.816. The second-order valence-electron chi connectivity index (χ2n) is 6.04. The molecule has 1 N–H and O–H groups in total. The average Bonchev–Trinajstić information content (AvgIpc) is 2.40. The third kappa shape index (κ3) is 3.69. The molecule has 0 bridgehead atoms. The van der Waals surface area contributed by atoms with Gasteiger partial charge in [0.1, 0.15) is 0 Å². The van der Waals surface area contributed by atoms with Crippen molar-refractivity contribution in [2.24, 2.45) is 17.8 Å². The van der Waals surface area contributed by atoms with Crippen molar-refractivity contribution >= 4 is 0 Å². The highest BCUT2D eigenvalue weighted by Crippen LogP contribution is 2.36. The predicted octanol–water partition coefficient (Wildman–Crippen LogP) is 3.38. The van der Waals surface area contributed by atoms with E-state index in [-0.39, 0.29) is 6.10 Å². The molecule has 0 aromatic carbocycles. The Labute approximate surface area is 106 Å². The minimum Gasteiger partial charge on any atom is -0.392 e. The molecule has 2 rings (SSSR count). The summed E-state index contributed by atoms with van der Waals surface area (Å²) >= 11 is 0. The number of ether oxygens (including phenoxy) is 1. The van der Waals surface area contributed by atoms with Crippen molar-refractivity contribution in [3.63, 3.8) is 0 Å². The van der Waals surface area contributed by atoms with Gasteiger partial charge in [-0.3, -0.25) is 0 Å². The molecule has 1 aliphatic heterocycles. The number of aliphatic hydroxyl groups excluding tert-OH is 1. The van der Waals surface area contributed by atoms with Crippen LogP contribution >= 0.6 is 0 Å². The molecule has 2 atom stereocenters. The Morgan fingerprint density at radius 2 is 1.88 bits per heavy atom. The van der Waals surface area contributed by atoms with E-state index in [0.717, 1.165) is 32.0 Å². The lowest BCUT2D eigenvalue weighted by molar-refractivity contribution is -0.0427. The lowest BCUT2D eigenvalue weighted by atomic mass is 9.74. The fourth-order valence-corrected chi connectivity index (χ4v) is 3.65. The van der Waals surface area contributed by atoms with E-state index in [9.17, 15) is 5.11 Å². The topological polar surface area (TPSA) is 29.5 Å². The minimum absolute atomic E-state index is 0.0992. The number of rotatable bonds is 4. The highest BCUT2D eigenvalue weighted by Gasteiger charge is 2.32. The van der Waals surface area contributed by atoms with Crippen LogP contribution in [0.3, 0.4) is 0 Å². The second kappa shape index (κ2) is 6.75. The molecule has 1 heterocycles. The summed E-state index contributed by atoms with van der Waals surface area (Å²) < 4.78 is 5.49. The largest absolute Gasteiger partial charge is 0.392 e. The molecule has 0 aromatic rings. The van der Waals surface area contributed by atoms with Gasteiger partial charge in [0.25, 0.3) is 0 Å². The summed E-state index contributed by atoms with van der Waals surface area (Å²) in [6.07, 6.45) is 10.0. The average molecular weight is 240 g/mol. The maximum absolute atomic E-state index is 10.4. The number of aliphatic hydroxyl groups is 1. The van der Waals surface area contributed by atoms with E-state index in [2.05, 4.69) is 6.92 Å². The maximum atomic E-state index is 10.4. The van der Waals surface area contributed by atoms with Gasteiger partial charge in [-0.05, 0) is 37.5 Å². The summed E-state index contributed by atoms with van der Waals surface area (Å²) in [7, 11) is 0. The van der Waals surface area contributed by atoms with Gasteiger partial charge >= 0.3 is 0 Å². The first-order valence-electron chi connectivity index (χ1n) is 7.57. The standard InChI is InChI=1S/C15H28O2/c1-2-4-12-6-8-13(9-7-12)15(16)14-5-3-10-17-11-14/h12-16H,2-11H2,1H3. The lowest BCUT2D eigenvalue weighted by Crippen LogP contribution is -2.36. The normalized spacial score (nSPS) is 36.7. The summed E-state index contributed by atoms with van der Waals surface area (Å²) in [4.78, 5) is 0. The third-order valence-corrected chi connectivity index (χ3v) is 4.75. The summed E-state index contributed by atoms with van der Waals surface area (Å²) in [5.41, 5.74) is 0. The lowest BCUT2D eigenvalue weighted by Gasteiger charge is -2.36. The van der Waals surface area contributed by atoms with Crippen LogP contribution in [0.5, 0.6) is 0 Å². The van der Waals surface area contributed by atoms with Crippen molar-refractivity contribution in [3.8, 4) is 0 Å². The molecule has 0 amide bonds. The van der Waals surface area contributed by atoms with Crippen LogP contribution in [0.1, 0.15) is 58.3 Å². The van der Waals surface area contributed by atoms with Crippen molar-refractivity contribution < 1.29 is 9.84 Å². The highest BCUT2D eigenvalue weighted by molar-refractivity contribution is 4.82. The molecule has 2 unspecified atom stereocenters. The van der Waals surface area contributed by atoms with Gasteiger partial charge < -0.3 is 9.84 Å². The fraction of sp³-hybridized carbons (Fsp3) is 1.00. The summed E-state index contributed by atoms with van der Waals surface area (Å²) in [6, 6.07) is 0. The van der Waals surface area contributed by atoms with E-state index in [1.54, 1.807) is 0 Å². The van der Waals surface area contributed by atoms with Crippen molar-refractivity contribution in [1.29, 1.82) is 0 Å². The van der Waals surface area contributed by atoms with E-state index in [1.807, 2.05) is 0 Å². The molecule has 0 radical (unpaired) electrons. The van der Waals surface area contributed by atoms with Gasteiger partial charge in [0.05, 0.1) is 12.7 Å². The fourth-order valence-electron chi connectivity index (χ4n) is 3.65. The van der Waals surface area contributed by atoms with Crippen LogP contribution < -0.4 is 0 Å². The first-order valence-corrected chi connectivity index (χ1v) is 7.57. The smallest absolute Gasteiger partial charge is 0.0618 e. The molecular weight excluding hydrogens is 212 g/mol. The van der Waals surface area contributed by atoms with Crippen LogP contribution in [0.25, 0.3) is 0 Å². The minimum atomic E-state index is -0.0992. The molecule has 2 fully saturated rings. The van der Waals surface area contributed by atoms with E-state index in [1.165, 1.54) is 38.5 Å². The molecule has 100 valence electrons.